The third kappa shape index (κ3) is 2.13. The molecule has 7 heteroatoms. The number of nitrogens with one attached hydrogen (secondary N) is 2. The molecule has 3 rings (SSSR count). The van der Waals surface area contributed by atoms with Gasteiger partial charge in [-0.05, 0) is 24.0 Å². The summed E-state index contributed by atoms with van der Waals surface area (Å²) >= 11 is 0. The van der Waals surface area contributed by atoms with Crippen molar-refractivity contribution in [1.29, 1.82) is 0 Å². The van der Waals surface area contributed by atoms with Gasteiger partial charge in [0.15, 0.2) is 5.82 Å². The highest BCUT2D eigenvalue weighted by molar-refractivity contribution is 6.00. The largest absolute Gasteiger partial charge is 0.327 e. The molecule has 0 spiro atoms. The maximum Gasteiger partial charge on any atom is 0.327 e. The van der Waals surface area contributed by atoms with Crippen LogP contribution in [0.5, 0.6) is 0 Å². The van der Waals surface area contributed by atoms with E-state index in [1.807, 2.05) is 13.8 Å². The second-order valence-corrected chi connectivity index (χ2v) is 5.78. The Kier molecular flexibility index (Phi) is 3.35. The molecule has 1 atom stereocenters. The van der Waals surface area contributed by atoms with Gasteiger partial charge in [0.05, 0.1) is 5.52 Å². The van der Waals surface area contributed by atoms with E-state index in [1.54, 1.807) is 12.1 Å². The van der Waals surface area contributed by atoms with Gasteiger partial charge < -0.3 is 4.98 Å². The number of hydrogen-bond acceptors (Lipinski definition) is 3. The summed E-state index contributed by atoms with van der Waals surface area (Å²) in [6.07, 6.45) is 0.382. The molecule has 1 unspecified atom stereocenters. The summed E-state index contributed by atoms with van der Waals surface area (Å²) in [7, 11) is 0. The lowest BCUT2D eigenvalue weighted by molar-refractivity contribution is -0.135. The maximum absolute atomic E-state index is 14.5. The minimum Gasteiger partial charge on any atom is -0.303 e. The fourth-order valence-corrected chi connectivity index (χ4v) is 2.86. The van der Waals surface area contributed by atoms with E-state index in [-0.39, 0.29) is 30.2 Å². The zero-order valence-corrected chi connectivity index (χ0v) is 12.3. The van der Waals surface area contributed by atoms with E-state index in [0.29, 0.717) is 11.1 Å². The number of nitrogens with zero attached hydrogens (tertiary/aromatic N) is 1. The lowest BCUT2D eigenvalue weighted by atomic mass is 10.0. The highest BCUT2D eigenvalue weighted by Crippen LogP contribution is 2.27. The van der Waals surface area contributed by atoms with E-state index in [2.05, 4.69) is 10.3 Å². The predicted octanol–water partition coefficient (Wildman–Crippen LogP) is 1.57. The van der Waals surface area contributed by atoms with Crippen molar-refractivity contribution in [2.75, 3.05) is 0 Å². The van der Waals surface area contributed by atoms with Crippen LogP contribution in [0.2, 0.25) is 0 Å². The number of aromatic amines is 1. The van der Waals surface area contributed by atoms with Gasteiger partial charge in [0.2, 0.25) is 11.8 Å². The predicted molar refractivity (Wildman–Crippen MR) is 78.0 cm³/mol. The standard InChI is InChI=1S/C15H16FN3O3/c1-7(2)8-3-4-9-13(12(8)16)18-15(22)19(9)10-5-6-11(20)17-14(10)21/h3-4,7,10H,5-6H2,1-2H3,(H,18,22)(H,17,20,21). The van der Waals surface area contributed by atoms with Crippen molar-refractivity contribution in [2.24, 2.45) is 0 Å². The van der Waals surface area contributed by atoms with E-state index >= 15 is 0 Å². The van der Waals surface area contributed by atoms with Crippen LogP contribution < -0.4 is 11.0 Å². The van der Waals surface area contributed by atoms with Crippen molar-refractivity contribution in [3.05, 3.63) is 34.0 Å². The number of imidazole rings is 1. The zero-order valence-electron chi connectivity index (χ0n) is 12.3. The van der Waals surface area contributed by atoms with Crippen LogP contribution in [0.1, 0.15) is 44.2 Å². The van der Waals surface area contributed by atoms with Gasteiger partial charge in [0.1, 0.15) is 11.6 Å². The molecule has 1 aromatic heterocycles. The first-order valence-corrected chi connectivity index (χ1v) is 7.16. The van der Waals surface area contributed by atoms with Gasteiger partial charge >= 0.3 is 5.69 Å². The van der Waals surface area contributed by atoms with E-state index in [9.17, 15) is 18.8 Å². The Hall–Kier alpha value is -2.44. The monoisotopic (exact) mass is 305 g/mol. The van der Waals surface area contributed by atoms with Gasteiger partial charge in [-0.25, -0.2) is 9.18 Å². The van der Waals surface area contributed by atoms with E-state index in [1.165, 1.54) is 4.57 Å². The Morgan fingerprint density at radius 3 is 2.64 bits per heavy atom. The van der Waals surface area contributed by atoms with Gasteiger partial charge in [0.25, 0.3) is 0 Å². The van der Waals surface area contributed by atoms with Crippen molar-refractivity contribution in [1.82, 2.24) is 14.9 Å². The second kappa shape index (κ2) is 5.08. The fourth-order valence-electron chi connectivity index (χ4n) is 2.86. The first-order chi connectivity index (χ1) is 10.4. The van der Waals surface area contributed by atoms with E-state index in [4.69, 9.17) is 0 Å². The Labute approximate surface area is 125 Å². The molecule has 1 saturated heterocycles. The average molecular weight is 305 g/mol. The van der Waals surface area contributed by atoms with Crippen molar-refractivity contribution in [2.45, 2.75) is 38.6 Å². The van der Waals surface area contributed by atoms with Crippen LogP contribution in [0.4, 0.5) is 4.39 Å². The Bertz CT molecular complexity index is 834. The molecule has 1 fully saturated rings. The van der Waals surface area contributed by atoms with Gasteiger partial charge in [-0.1, -0.05) is 19.9 Å². The smallest absolute Gasteiger partial charge is 0.303 e. The number of halogens is 1. The summed E-state index contributed by atoms with van der Waals surface area (Å²) in [6, 6.07) is 2.45. The molecule has 2 heterocycles. The Balaban J connectivity index is 2.17. The molecule has 1 aliphatic rings. The molecule has 1 aliphatic heterocycles. The SMILES string of the molecule is CC(C)c1ccc2c([nH]c(=O)n2C2CCC(=O)NC2=O)c1F. The number of aromatic nitrogens is 2. The molecule has 2 N–H and O–H groups in total. The summed E-state index contributed by atoms with van der Waals surface area (Å²) < 4.78 is 15.7. The number of H-pyrrole nitrogens is 1. The Morgan fingerprint density at radius 2 is 2.00 bits per heavy atom. The molecular formula is C15H16FN3O3. The molecule has 1 aromatic carbocycles. The topological polar surface area (TPSA) is 84.0 Å². The second-order valence-electron chi connectivity index (χ2n) is 5.78. The molecule has 0 bridgehead atoms. The van der Waals surface area contributed by atoms with E-state index < -0.39 is 23.5 Å². The number of piperidine rings is 1. The van der Waals surface area contributed by atoms with Crippen LogP contribution in [-0.2, 0) is 9.59 Å². The Morgan fingerprint density at radius 1 is 1.27 bits per heavy atom. The van der Waals surface area contributed by atoms with Crippen LogP contribution in [0.25, 0.3) is 11.0 Å². The number of amides is 2. The van der Waals surface area contributed by atoms with Crippen molar-refractivity contribution in [3.63, 3.8) is 0 Å². The van der Waals surface area contributed by atoms with Crippen LogP contribution in [0.3, 0.4) is 0 Å². The lowest BCUT2D eigenvalue weighted by Gasteiger charge is -2.22. The van der Waals surface area contributed by atoms with Crippen molar-refractivity contribution < 1.29 is 14.0 Å². The van der Waals surface area contributed by atoms with Crippen molar-refractivity contribution >= 4 is 22.8 Å². The van der Waals surface area contributed by atoms with Crippen LogP contribution >= 0.6 is 0 Å². The highest BCUT2D eigenvalue weighted by atomic mass is 19.1. The zero-order chi connectivity index (χ0) is 16.0. The minimum absolute atomic E-state index is 0.0214. The summed E-state index contributed by atoms with van der Waals surface area (Å²) in [5.41, 5.74) is 0.385. The quantitative estimate of drug-likeness (QED) is 0.826. The molecule has 2 amide bonds. The van der Waals surface area contributed by atoms with Gasteiger partial charge in [0, 0.05) is 6.42 Å². The maximum atomic E-state index is 14.5. The average Bonchev–Trinajstić information content (AvgIpc) is 2.76. The summed E-state index contributed by atoms with van der Waals surface area (Å²) in [5.74, 6) is -1.39. The third-order valence-electron chi connectivity index (χ3n) is 4.00. The molecule has 2 aromatic rings. The van der Waals surface area contributed by atoms with Crippen LogP contribution in [-0.4, -0.2) is 21.4 Å². The third-order valence-corrected chi connectivity index (χ3v) is 4.00. The van der Waals surface area contributed by atoms with Crippen LogP contribution in [0, 0.1) is 5.82 Å². The summed E-state index contributed by atoms with van der Waals surface area (Å²) in [4.78, 5) is 37.8. The van der Waals surface area contributed by atoms with Crippen molar-refractivity contribution in [3.8, 4) is 0 Å². The molecule has 22 heavy (non-hydrogen) atoms. The summed E-state index contributed by atoms with van der Waals surface area (Å²) in [6.45, 7) is 3.72. The number of rotatable bonds is 2. The molecule has 116 valence electrons. The molecule has 0 radical (unpaired) electrons. The lowest BCUT2D eigenvalue weighted by Crippen LogP contribution is -2.43. The fraction of sp³-hybridized carbons (Fsp3) is 0.400. The van der Waals surface area contributed by atoms with Crippen LogP contribution in [0.15, 0.2) is 16.9 Å². The minimum atomic E-state index is -0.803. The molecule has 6 nitrogen and oxygen atoms in total. The number of benzene rings is 1. The highest BCUT2D eigenvalue weighted by Gasteiger charge is 2.31. The molecular weight excluding hydrogens is 289 g/mol. The summed E-state index contributed by atoms with van der Waals surface area (Å²) in [5, 5.41) is 2.21. The first-order valence-electron chi connectivity index (χ1n) is 7.16. The number of hydrogen-bond donors (Lipinski definition) is 2. The number of imide groups is 1. The van der Waals surface area contributed by atoms with Gasteiger partial charge in [-0.3, -0.25) is 19.5 Å². The van der Waals surface area contributed by atoms with Gasteiger partial charge in [-0.15, -0.1) is 0 Å². The van der Waals surface area contributed by atoms with E-state index in [0.717, 1.165) is 0 Å². The molecule has 0 aliphatic carbocycles. The number of carbonyl (C=O) groups is 2. The number of fused-ring (bicyclic) bond motifs is 1. The normalized spacial score (nSPS) is 19.0. The first kappa shape index (κ1) is 14.5. The van der Waals surface area contributed by atoms with Gasteiger partial charge in [-0.2, -0.15) is 0 Å². The number of carbonyl (C=O) groups excluding carboxylic acids is 2. The molecule has 0 saturated carbocycles.